The summed E-state index contributed by atoms with van der Waals surface area (Å²) in [5.41, 5.74) is 1.21. The molecule has 2 aromatic rings. The Morgan fingerprint density at radius 3 is 2.69 bits per heavy atom. The molecule has 0 aromatic heterocycles. The number of hydrogen-bond donors (Lipinski definition) is 0. The summed E-state index contributed by atoms with van der Waals surface area (Å²) in [6.45, 7) is 3.51. The largest absolute Gasteiger partial charge is 0.484 e. The number of carbonyl (C=O) groups is 1. The lowest BCUT2D eigenvalue weighted by Gasteiger charge is -2.23. The fourth-order valence-corrected chi connectivity index (χ4v) is 3.27. The molecule has 2 aliphatic heterocycles. The lowest BCUT2D eigenvalue weighted by Crippen LogP contribution is -2.38. The number of para-hydroxylation sites is 1. The summed E-state index contributed by atoms with van der Waals surface area (Å²) < 4.78 is 16.3. The zero-order valence-electron chi connectivity index (χ0n) is 14.6. The van der Waals surface area contributed by atoms with E-state index in [1.165, 1.54) is 5.69 Å². The average Bonchev–Trinajstić information content (AvgIpc) is 3.01. The maximum absolute atomic E-state index is 12.5. The highest BCUT2D eigenvalue weighted by Crippen LogP contribution is 2.35. The summed E-state index contributed by atoms with van der Waals surface area (Å²) in [5.74, 6) is 1.99. The van der Waals surface area contributed by atoms with E-state index in [0.29, 0.717) is 23.8 Å². The Balaban J connectivity index is 1.31. The Bertz CT molecular complexity index is 766. The zero-order chi connectivity index (χ0) is 17.8. The number of benzene rings is 2. The monoisotopic (exact) mass is 354 g/mol. The van der Waals surface area contributed by atoms with Crippen LogP contribution in [-0.4, -0.2) is 50.4 Å². The predicted molar refractivity (Wildman–Crippen MR) is 97.9 cm³/mol. The first-order valence-electron chi connectivity index (χ1n) is 8.90. The van der Waals surface area contributed by atoms with Crippen LogP contribution >= 0.6 is 0 Å². The molecule has 1 saturated heterocycles. The van der Waals surface area contributed by atoms with E-state index in [1.807, 2.05) is 23.1 Å². The topological polar surface area (TPSA) is 51.2 Å². The SMILES string of the molecule is O=C(COc1ccc2c(c1)OCO2)N1CCCN(c2ccccc2)CC1. The fourth-order valence-electron chi connectivity index (χ4n) is 3.27. The van der Waals surface area contributed by atoms with E-state index >= 15 is 0 Å². The van der Waals surface area contributed by atoms with Gasteiger partial charge in [-0.15, -0.1) is 0 Å². The first kappa shape index (κ1) is 16.6. The number of amides is 1. The molecule has 0 N–H and O–H groups in total. The molecule has 0 bridgehead atoms. The van der Waals surface area contributed by atoms with Crippen LogP contribution in [0.3, 0.4) is 0 Å². The molecule has 2 aromatic carbocycles. The minimum absolute atomic E-state index is 0.0116. The third-order valence-electron chi connectivity index (χ3n) is 4.68. The van der Waals surface area contributed by atoms with E-state index in [2.05, 4.69) is 17.0 Å². The van der Waals surface area contributed by atoms with Crippen molar-refractivity contribution in [2.45, 2.75) is 6.42 Å². The lowest BCUT2D eigenvalue weighted by atomic mass is 10.3. The third-order valence-corrected chi connectivity index (χ3v) is 4.68. The molecule has 0 aliphatic carbocycles. The van der Waals surface area contributed by atoms with Crippen molar-refractivity contribution in [3.8, 4) is 17.2 Å². The van der Waals surface area contributed by atoms with Gasteiger partial charge in [-0.1, -0.05) is 18.2 Å². The van der Waals surface area contributed by atoms with Crippen LogP contribution in [-0.2, 0) is 4.79 Å². The zero-order valence-corrected chi connectivity index (χ0v) is 14.6. The van der Waals surface area contributed by atoms with Crippen LogP contribution in [0.5, 0.6) is 17.2 Å². The van der Waals surface area contributed by atoms with Gasteiger partial charge in [0.25, 0.3) is 5.91 Å². The molecule has 26 heavy (non-hydrogen) atoms. The molecule has 4 rings (SSSR count). The summed E-state index contributed by atoms with van der Waals surface area (Å²) >= 11 is 0. The maximum Gasteiger partial charge on any atom is 0.260 e. The van der Waals surface area contributed by atoms with Gasteiger partial charge in [-0.05, 0) is 30.7 Å². The van der Waals surface area contributed by atoms with E-state index < -0.39 is 0 Å². The van der Waals surface area contributed by atoms with Gasteiger partial charge in [0, 0.05) is 37.9 Å². The van der Waals surface area contributed by atoms with Crippen molar-refractivity contribution in [2.24, 2.45) is 0 Å². The van der Waals surface area contributed by atoms with Crippen LogP contribution in [0, 0.1) is 0 Å². The van der Waals surface area contributed by atoms with Gasteiger partial charge in [-0.25, -0.2) is 0 Å². The number of nitrogens with zero attached hydrogens (tertiary/aromatic N) is 2. The van der Waals surface area contributed by atoms with Gasteiger partial charge in [-0.3, -0.25) is 4.79 Å². The van der Waals surface area contributed by atoms with Crippen molar-refractivity contribution in [3.05, 3.63) is 48.5 Å². The number of hydrogen-bond acceptors (Lipinski definition) is 5. The van der Waals surface area contributed by atoms with Gasteiger partial charge < -0.3 is 24.0 Å². The molecule has 0 unspecified atom stereocenters. The fraction of sp³-hybridized carbons (Fsp3) is 0.350. The minimum atomic E-state index is 0.0116. The van der Waals surface area contributed by atoms with Gasteiger partial charge in [0.05, 0.1) is 0 Å². The molecule has 0 atom stereocenters. The minimum Gasteiger partial charge on any atom is -0.484 e. The van der Waals surface area contributed by atoms with E-state index in [-0.39, 0.29) is 19.3 Å². The van der Waals surface area contributed by atoms with E-state index in [1.54, 1.807) is 18.2 Å². The van der Waals surface area contributed by atoms with E-state index in [0.717, 1.165) is 26.1 Å². The Kier molecular flexibility index (Phi) is 4.82. The molecule has 136 valence electrons. The third kappa shape index (κ3) is 3.69. The Hall–Kier alpha value is -2.89. The molecular formula is C20H22N2O4. The molecule has 0 saturated carbocycles. The molecule has 6 heteroatoms. The van der Waals surface area contributed by atoms with E-state index in [4.69, 9.17) is 14.2 Å². The van der Waals surface area contributed by atoms with Gasteiger partial charge in [-0.2, -0.15) is 0 Å². The van der Waals surface area contributed by atoms with Gasteiger partial charge in [0.15, 0.2) is 18.1 Å². The second-order valence-corrected chi connectivity index (χ2v) is 6.36. The van der Waals surface area contributed by atoms with Crippen LogP contribution in [0.1, 0.15) is 6.42 Å². The normalized spacial score (nSPS) is 16.3. The molecule has 6 nitrogen and oxygen atoms in total. The molecule has 0 spiro atoms. The summed E-state index contributed by atoms with van der Waals surface area (Å²) in [6, 6.07) is 15.7. The summed E-state index contributed by atoms with van der Waals surface area (Å²) in [5, 5.41) is 0. The highest BCUT2D eigenvalue weighted by molar-refractivity contribution is 5.78. The molecule has 2 aliphatic rings. The second kappa shape index (κ2) is 7.56. The van der Waals surface area contributed by atoms with Crippen LogP contribution in [0.2, 0.25) is 0 Å². The van der Waals surface area contributed by atoms with E-state index in [9.17, 15) is 4.79 Å². The Morgan fingerprint density at radius 2 is 1.81 bits per heavy atom. The second-order valence-electron chi connectivity index (χ2n) is 6.36. The summed E-state index contributed by atoms with van der Waals surface area (Å²) in [4.78, 5) is 16.7. The Morgan fingerprint density at radius 1 is 0.962 bits per heavy atom. The van der Waals surface area contributed by atoms with Crippen molar-refractivity contribution in [3.63, 3.8) is 0 Å². The highest BCUT2D eigenvalue weighted by Gasteiger charge is 2.20. The predicted octanol–water partition coefficient (Wildman–Crippen LogP) is 2.53. The van der Waals surface area contributed by atoms with Crippen molar-refractivity contribution >= 4 is 11.6 Å². The maximum atomic E-state index is 12.5. The first-order chi connectivity index (χ1) is 12.8. The molecule has 1 amide bonds. The van der Waals surface area contributed by atoms with Crippen molar-refractivity contribution in [1.29, 1.82) is 0 Å². The van der Waals surface area contributed by atoms with Crippen molar-refractivity contribution in [1.82, 2.24) is 4.90 Å². The molecule has 1 fully saturated rings. The van der Waals surface area contributed by atoms with Crippen LogP contribution in [0.25, 0.3) is 0 Å². The standard InChI is InChI=1S/C20H22N2O4/c23-20(14-24-17-7-8-18-19(13-17)26-15-25-18)22-10-4-9-21(11-12-22)16-5-2-1-3-6-16/h1-3,5-8,13H,4,9-12,14-15H2. The summed E-state index contributed by atoms with van der Waals surface area (Å²) in [7, 11) is 0. The number of anilines is 1. The number of carbonyl (C=O) groups excluding carboxylic acids is 1. The van der Waals surface area contributed by atoms with Gasteiger partial charge in [0.2, 0.25) is 6.79 Å². The molecular weight excluding hydrogens is 332 g/mol. The van der Waals surface area contributed by atoms with Crippen LogP contribution < -0.4 is 19.1 Å². The van der Waals surface area contributed by atoms with Crippen LogP contribution in [0.4, 0.5) is 5.69 Å². The highest BCUT2D eigenvalue weighted by atomic mass is 16.7. The van der Waals surface area contributed by atoms with Crippen molar-refractivity contribution < 1.29 is 19.0 Å². The average molecular weight is 354 g/mol. The molecule has 2 heterocycles. The number of ether oxygens (including phenoxy) is 3. The van der Waals surface area contributed by atoms with Gasteiger partial charge in [0.1, 0.15) is 5.75 Å². The number of rotatable bonds is 4. The lowest BCUT2D eigenvalue weighted by molar-refractivity contribution is -0.133. The van der Waals surface area contributed by atoms with Crippen LogP contribution in [0.15, 0.2) is 48.5 Å². The van der Waals surface area contributed by atoms with Crippen molar-refractivity contribution in [2.75, 3.05) is 44.5 Å². The molecule has 0 radical (unpaired) electrons. The Labute approximate surface area is 152 Å². The number of fused-ring (bicyclic) bond motifs is 1. The summed E-state index contributed by atoms with van der Waals surface area (Å²) in [6.07, 6.45) is 0.949. The smallest absolute Gasteiger partial charge is 0.260 e. The first-order valence-corrected chi connectivity index (χ1v) is 8.90. The quantitative estimate of drug-likeness (QED) is 0.845. The van der Waals surface area contributed by atoms with Gasteiger partial charge >= 0.3 is 0 Å².